The van der Waals surface area contributed by atoms with Crippen LogP contribution in [0.5, 0.6) is 0 Å². The molecular weight excluding hydrogens is 244 g/mol. The number of para-hydroxylation sites is 2. The molecule has 1 heterocycles. The molecule has 0 N–H and O–H groups in total. The molecular formula is C19H14O. The number of furan rings is 1. The van der Waals surface area contributed by atoms with Gasteiger partial charge >= 0.3 is 0 Å². The summed E-state index contributed by atoms with van der Waals surface area (Å²) < 4.78 is 95.3. The number of aryl methyl sites for hydroxylation is 1. The Hall–Kier alpha value is -2.54. The van der Waals surface area contributed by atoms with E-state index in [0.717, 1.165) is 0 Å². The monoisotopic (exact) mass is 269 g/mol. The first-order chi connectivity index (χ1) is 14.4. The van der Waals surface area contributed by atoms with E-state index in [-0.39, 0.29) is 50.7 Å². The second-order valence-electron chi connectivity index (χ2n) is 4.26. The summed E-state index contributed by atoms with van der Waals surface area (Å²) in [6.45, 7) is 1.50. The molecule has 0 saturated heterocycles. The van der Waals surface area contributed by atoms with Crippen LogP contribution in [-0.2, 0) is 0 Å². The van der Waals surface area contributed by atoms with Gasteiger partial charge < -0.3 is 4.42 Å². The third kappa shape index (κ3) is 1.56. The van der Waals surface area contributed by atoms with Crippen LogP contribution in [0.1, 0.15) is 20.6 Å². The molecule has 20 heavy (non-hydrogen) atoms. The molecule has 1 nitrogen and oxygen atoms in total. The summed E-state index contributed by atoms with van der Waals surface area (Å²) in [6.07, 6.45) is 0. The molecule has 0 aliphatic carbocycles. The Labute approximate surface area is 132 Å². The van der Waals surface area contributed by atoms with Crippen LogP contribution in [0.2, 0.25) is 0 Å². The van der Waals surface area contributed by atoms with Gasteiger partial charge in [-0.25, -0.2) is 0 Å². The SMILES string of the molecule is [2H]c1c([2H])c([2H])c(-c2c([2H])c([2H])c([2H])c3c2oc2c(C)c([2H])c([2H])c([2H])c23)c([2H])c1[2H]. The lowest BCUT2D eigenvalue weighted by atomic mass is 10.0. The summed E-state index contributed by atoms with van der Waals surface area (Å²) in [6, 6.07) is -5.65. The maximum Gasteiger partial charge on any atom is 0.143 e. The molecule has 4 rings (SSSR count). The molecule has 0 aliphatic rings. The molecule has 3 aromatic carbocycles. The van der Waals surface area contributed by atoms with Crippen LogP contribution in [0.3, 0.4) is 0 Å². The van der Waals surface area contributed by atoms with E-state index in [2.05, 4.69) is 0 Å². The van der Waals surface area contributed by atoms with Gasteiger partial charge in [-0.05, 0) is 18.1 Å². The molecule has 1 aromatic heterocycles. The van der Waals surface area contributed by atoms with Gasteiger partial charge in [-0.1, -0.05) is 66.5 Å². The smallest absolute Gasteiger partial charge is 0.143 e. The van der Waals surface area contributed by atoms with Gasteiger partial charge in [0.2, 0.25) is 0 Å². The maximum absolute atomic E-state index is 8.38. The molecule has 0 radical (unpaired) electrons. The van der Waals surface area contributed by atoms with Crippen molar-refractivity contribution in [3.05, 3.63) is 72.0 Å². The van der Waals surface area contributed by atoms with Gasteiger partial charge in [0.15, 0.2) is 0 Å². The lowest BCUT2D eigenvalue weighted by Gasteiger charge is -2.01. The molecule has 0 amide bonds. The highest BCUT2D eigenvalue weighted by Gasteiger charge is 2.12. The number of benzene rings is 3. The third-order valence-corrected chi connectivity index (χ3v) is 3.04. The van der Waals surface area contributed by atoms with Crippen LogP contribution in [0.15, 0.2) is 70.9 Å². The molecule has 96 valence electrons. The molecule has 4 aromatic rings. The molecule has 0 saturated carbocycles. The third-order valence-electron chi connectivity index (χ3n) is 3.04. The average Bonchev–Trinajstić information content (AvgIpc) is 3.14. The van der Waals surface area contributed by atoms with E-state index >= 15 is 0 Å². The summed E-state index contributed by atoms with van der Waals surface area (Å²) >= 11 is 0. The van der Waals surface area contributed by atoms with E-state index in [1.807, 2.05) is 0 Å². The van der Waals surface area contributed by atoms with Crippen molar-refractivity contribution in [1.82, 2.24) is 0 Å². The topological polar surface area (TPSA) is 13.1 Å². The van der Waals surface area contributed by atoms with Gasteiger partial charge in [0.1, 0.15) is 11.2 Å². The van der Waals surface area contributed by atoms with Crippen LogP contribution in [0, 0.1) is 6.92 Å². The second-order valence-corrected chi connectivity index (χ2v) is 4.26. The first-order valence-electron chi connectivity index (χ1n) is 11.4. The highest BCUT2D eigenvalue weighted by Crippen LogP contribution is 2.36. The van der Waals surface area contributed by atoms with Gasteiger partial charge in [-0.2, -0.15) is 0 Å². The van der Waals surface area contributed by atoms with Crippen molar-refractivity contribution in [3.8, 4) is 11.1 Å². The Kier molecular flexibility index (Phi) is 1.01. The zero-order chi connectivity index (χ0) is 23.1. The fourth-order valence-electron chi connectivity index (χ4n) is 2.12. The zero-order valence-electron chi connectivity index (χ0n) is 21.4. The predicted octanol–water partition coefficient (Wildman–Crippen LogP) is 5.56. The fraction of sp³-hybridized carbons (Fsp3) is 0.0526. The highest BCUT2D eigenvalue weighted by atomic mass is 16.3. The van der Waals surface area contributed by atoms with Gasteiger partial charge in [-0.15, -0.1) is 0 Å². The molecule has 0 spiro atoms. The van der Waals surface area contributed by atoms with Gasteiger partial charge in [0.25, 0.3) is 0 Å². The van der Waals surface area contributed by atoms with Crippen LogP contribution in [0.4, 0.5) is 0 Å². The van der Waals surface area contributed by atoms with E-state index in [4.69, 9.17) is 19.5 Å². The zero-order valence-corrected chi connectivity index (χ0v) is 10.4. The summed E-state index contributed by atoms with van der Waals surface area (Å²) in [5.41, 5.74) is -0.568. The standard InChI is InChI=1S/C19H14O/c1-13-7-5-11-16-17-12-6-10-15(19(17)20-18(13)16)14-8-3-2-4-9-14/h2-12H,1H3/i2D,3D,4D,5D,6D,7D,8D,9D,10D,11D,12D. The number of fused-ring (bicyclic) bond motifs is 3. The van der Waals surface area contributed by atoms with Crippen LogP contribution >= 0.6 is 0 Å². The lowest BCUT2D eigenvalue weighted by Crippen LogP contribution is -1.77. The first kappa shape index (κ1) is 4.78. The average molecular weight is 269 g/mol. The highest BCUT2D eigenvalue weighted by molar-refractivity contribution is 6.10. The summed E-state index contributed by atoms with van der Waals surface area (Å²) in [5, 5.41) is -0.0555. The number of rotatable bonds is 1. The Morgan fingerprint density at radius 3 is 2.25 bits per heavy atom. The number of hydrogen-bond donors (Lipinski definition) is 0. The molecule has 0 bridgehead atoms. The van der Waals surface area contributed by atoms with E-state index in [9.17, 15) is 0 Å². The van der Waals surface area contributed by atoms with E-state index in [1.165, 1.54) is 6.92 Å². The summed E-state index contributed by atoms with van der Waals surface area (Å²) in [4.78, 5) is 0. The largest absolute Gasteiger partial charge is 0.455 e. The normalized spacial score (nSPS) is 18.9. The maximum atomic E-state index is 8.38. The second kappa shape index (κ2) is 4.24. The Morgan fingerprint density at radius 1 is 0.750 bits per heavy atom. The van der Waals surface area contributed by atoms with Gasteiger partial charge in [0, 0.05) is 16.3 Å². The minimum Gasteiger partial charge on any atom is -0.455 e. The van der Waals surface area contributed by atoms with Crippen molar-refractivity contribution >= 4 is 21.9 Å². The molecule has 0 unspecified atom stereocenters. The molecule has 0 atom stereocenters. The van der Waals surface area contributed by atoms with Crippen molar-refractivity contribution in [2.45, 2.75) is 6.92 Å². The molecule has 1 heteroatoms. The Morgan fingerprint density at radius 2 is 1.45 bits per heavy atom. The fourth-order valence-corrected chi connectivity index (χ4v) is 2.12. The van der Waals surface area contributed by atoms with E-state index in [1.54, 1.807) is 0 Å². The van der Waals surface area contributed by atoms with Crippen molar-refractivity contribution in [2.24, 2.45) is 0 Å². The Bertz CT molecular complexity index is 1420. The van der Waals surface area contributed by atoms with Crippen molar-refractivity contribution in [1.29, 1.82) is 0 Å². The van der Waals surface area contributed by atoms with Gasteiger partial charge in [-0.3, -0.25) is 0 Å². The van der Waals surface area contributed by atoms with Crippen LogP contribution in [0.25, 0.3) is 33.1 Å². The minimum atomic E-state index is -0.625. The van der Waals surface area contributed by atoms with Crippen molar-refractivity contribution in [3.63, 3.8) is 0 Å². The number of hydrogen-bond acceptors (Lipinski definition) is 1. The predicted molar refractivity (Wildman–Crippen MR) is 83.9 cm³/mol. The molecule has 0 aliphatic heterocycles. The van der Waals surface area contributed by atoms with Crippen molar-refractivity contribution in [2.75, 3.05) is 0 Å². The minimum absolute atomic E-state index is 0.0145. The van der Waals surface area contributed by atoms with E-state index in [0.29, 0.717) is 0 Å². The Balaban J connectivity index is 2.36. The first-order valence-corrected chi connectivity index (χ1v) is 5.91. The quantitative estimate of drug-likeness (QED) is 0.441. The lowest BCUT2D eigenvalue weighted by molar-refractivity contribution is 0.667. The van der Waals surface area contributed by atoms with Gasteiger partial charge in [0.05, 0.1) is 15.1 Å². The summed E-state index contributed by atoms with van der Waals surface area (Å²) in [7, 11) is 0. The van der Waals surface area contributed by atoms with E-state index < -0.39 is 54.4 Å². The molecule has 0 fully saturated rings. The van der Waals surface area contributed by atoms with Crippen LogP contribution < -0.4 is 0 Å². The van der Waals surface area contributed by atoms with Crippen LogP contribution in [-0.4, -0.2) is 0 Å². The van der Waals surface area contributed by atoms with Crippen molar-refractivity contribution < 1.29 is 19.5 Å². The summed E-state index contributed by atoms with van der Waals surface area (Å²) in [5.74, 6) is 0.